The van der Waals surface area contributed by atoms with Crippen LogP contribution in [0.5, 0.6) is 11.6 Å². The van der Waals surface area contributed by atoms with E-state index in [9.17, 15) is 22.8 Å². The lowest BCUT2D eigenvalue weighted by Gasteiger charge is -2.37. The van der Waals surface area contributed by atoms with E-state index in [4.69, 9.17) is 4.74 Å². The summed E-state index contributed by atoms with van der Waals surface area (Å²) in [7, 11) is 3.21. The quantitative estimate of drug-likeness (QED) is 0.408. The van der Waals surface area contributed by atoms with E-state index in [1.807, 2.05) is 11.9 Å². The molecule has 1 fully saturated rings. The number of alkyl halides is 3. The molecule has 2 N–H and O–H groups in total. The zero-order valence-corrected chi connectivity index (χ0v) is 23.5. The van der Waals surface area contributed by atoms with Crippen molar-refractivity contribution in [2.75, 3.05) is 52.2 Å². The Labute approximate surface area is 243 Å². The van der Waals surface area contributed by atoms with Gasteiger partial charge in [0.2, 0.25) is 11.8 Å². The van der Waals surface area contributed by atoms with Crippen LogP contribution in [0, 0.1) is 11.8 Å². The van der Waals surface area contributed by atoms with Gasteiger partial charge in [-0.15, -0.1) is 0 Å². The van der Waals surface area contributed by atoms with Gasteiger partial charge in [-0.3, -0.25) is 10.1 Å². The molecule has 5 rings (SSSR count). The van der Waals surface area contributed by atoms with Crippen molar-refractivity contribution in [3.05, 3.63) is 60.1 Å². The van der Waals surface area contributed by atoms with Gasteiger partial charge >= 0.3 is 12.3 Å². The van der Waals surface area contributed by atoms with Crippen molar-refractivity contribution in [2.24, 2.45) is 11.8 Å². The maximum absolute atomic E-state index is 14.0. The number of rotatable bonds is 7. The average Bonchev–Trinajstić information content (AvgIpc) is 3.38. The summed E-state index contributed by atoms with van der Waals surface area (Å²) in [5.41, 5.74) is 0.170. The number of piperazine rings is 1. The molecule has 1 saturated heterocycles. The SMILES string of the molecule is COC(=O)Nc1nccc(Oc2ccc3c(C(=O)NC4=CC(C(F)(F)F)C(CN5CCN(C)CC5)C=C4)nsc3c2)n1. The van der Waals surface area contributed by atoms with E-state index in [2.05, 4.69) is 34.6 Å². The zero-order chi connectivity index (χ0) is 29.9. The minimum atomic E-state index is -4.46. The highest BCUT2D eigenvalue weighted by atomic mass is 32.1. The number of benzene rings is 1. The van der Waals surface area contributed by atoms with Crippen LogP contribution in [-0.4, -0.2) is 89.2 Å². The van der Waals surface area contributed by atoms with Gasteiger partial charge in [-0.2, -0.15) is 22.5 Å². The minimum absolute atomic E-state index is 0.0124. The first-order valence-electron chi connectivity index (χ1n) is 13.0. The van der Waals surface area contributed by atoms with E-state index in [0.29, 0.717) is 22.4 Å². The molecule has 2 unspecified atom stereocenters. The Kier molecular flexibility index (Phi) is 8.70. The van der Waals surface area contributed by atoms with Crippen molar-refractivity contribution in [2.45, 2.75) is 6.18 Å². The molecule has 1 aromatic carbocycles. The minimum Gasteiger partial charge on any atom is -0.453 e. The van der Waals surface area contributed by atoms with Gasteiger partial charge in [0.1, 0.15) is 11.4 Å². The van der Waals surface area contributed by atoms with Crippen LogP contribution in [0.4, 0.5) is 23.9 Å². The summed E-state index contributed by atoms with van der Waals surface area (Å²) in [6, 6.07) is 6.38. The van der Waals surface area contributed by atoms with E-state index in [-0.39, 0.29) is 23.2 Å². The highest BCUT2D eigenvalue weighted by Crippen LogP contribution is 2.38. The molecule has 1 aliphatic heterocycles. The van der Waals surface area contributed by atoms with Gasteiger partial charge in [-0.25, -0.2) is 9.78 Å². The van der Waals surface area contributed by atoms with Gasteiger partial charge in [-0.1, -0.05) is 6.08 Å². The second-order valence-electron chi connectivity index (χ2n) is 9.90. The van der Waals surface area contributed by atoms with Crippen molar-refractivity contribution in [1.29, 1.82) is 0 Å². The van der Waals surface area contributed by atoms with Crippen LogP contribution in [0.2, 0.25) is 0 Å². The Morgan fingerprint density at radius 3 is 2.67 bits per heavy atom. The number of aromatic nitrogens is 3. The molecule has 0 bridgehead atoms. The first-order valence-corrected chi connectivity index (χ1v) is 13.8. The molecular weight excluding hydrogens is 575 g/mol. The summed E-state index contributed by atoms with van der Waals surface area (Å²) in [5.74, 6) is -2.54. The molecule has 11 nitrogen and oxygen atoms in total. The molecule has 0 saturated carbocycles. The Hall–Kier alpha value is -4.08. The molecule has 0 radical (unpaired) electrons. The first-order chi connectivity index (χ1) is 20.1. The lowest BCUT2D eigenvalue weighted by molar-refractivity contribution is -0.172. The molecule has 2 amide bonds. The number of methoxy groups -OCH3 is 1. The molecular formula is C27H28F3N7O4S. The van der Waals surface area contributed by atoms with Crippen LogP contribution in [0.15, 0.2) is 54.4 Å². The summed E-state index contributed by atoms with van der Waals surface area (Å²) in [6.07, 6.45) is 0.364. The van der Waals surface area contributed by atoms with Crippen molar-refractivity contribution in [3.8, 4) is 11.6 Å². The normalized spacial score (nSPS) is 19.8. The van der Waals surface area contributed by atoms with Crippen molar-refractivity contribution >= 4 is 39.6 Å². The van der Waals surface area contributed by atoms with E-state index in [1.54, 1.807) is 18.2 Å². The van der Waals surface area contributed by atoms with Gasteiger partial charge < -0.3 is 24.6 Å². The van der Waals surface area contributed by atoms with Crippen LogP contribution < -0.4 is 15.4 Å². The number of fused-ring (bicyclic) bond motifs is 1. The van der Waals surface area contributed by atoms with Crippen LogP contribution in [0.1, 0.15) is 10.5 Å². The van der Waals surface area contributed by atoms with Gasteiger partial charge in [0.15, 0.2) is 0 Å². The third kappa shape index (κ3) is 7.03. The number of allylic oxidation sites excluding steroid dienone is 2. The van der Waals surface area contributed by atoms with Gasteiger partial charge in [0.25, 0.3) is 5.91 Å². The Morgan fingerprint density at radius 2 is 1.93 bits per heavy atom. The fourth-order valence-electron chi connectivity index (χ4n) is 4.70. The second-order valence-corrected chi connectivity index (χ2v) is 10.7. The molecule has 15 heteroatoms. The number of ether oxygens (including phenoxy) is 2. The van der Waals surface area contributed by atoms with E-state index in [1.165, 1.54) is 31.5 Å². The fourth-order valence-corrected chi connectivity index (χ4v) is 5.50. The van der Waals surface area contributed by atoms with Crippen molar-refractivity contribution in [3.63, 3.8) is 0 Å². The predicted octanol–water partition coefficient (Wildman–Crippen LogP) is 4.28. The third-order valence-corrected chi connectivity index (χ3v) is 7.76. The number of amides is 2. The largest absolute Gasteiger partial charge is 0.453 e. The first kappa shape index (κ1) is 29.4. The summed E-state index contributed by atoms with van der Waals surface area (Å²) >= 11 is 1.04. The van der Waals surface area contributed by atoms with Crippen LogP contribution >= 0.6 is 11.5 Å². The number of anilines is 1. The molecule has 2 aliphatic rings. The number of hydrogen-bond acceptors (Lipinski definition) is 10. The van der Waals surface area contributed by atoms with E-state index < -0.39 is 30.0 Å². The zero-order valence-electron chi connectivity index (χ0n) is 22.7. The van der Waals surface area contributed by atoms with Crippen LogP contribution in [0.25, 0.3) is 10.1 Å². The number of carbonyl (C=O) groups is 2. The summed E-state index contributed by atoms with van der Waals surface area (Å²) < 4.78 is 57.2. The van der Waals surface area contributed by atoms with E-state index >= 15 is 0 Å². The monoisotopic (exact) mass is 603 g/mol. The Bertz CT molecular complexity index is 1520. The topological polar surface area (TPSA) is 122 Å². The molecule has 0 spiro atoms. The number of likely N-dealkylation sites (N-methyl/N-ethyl adjacent to an activating group) is 1. The lowest BCUT2D eigenvalue weighted by Crippen LogP contribution is -2.47. The smallest absolute Gasteiger partial charge is 0.413 e. The average molecular weight is 604 g/mol. The predicted molar refractivity (Wildman–Crippen MR) is 149 cm³/mol. The number of nitrogens with zero attached hydrogens (tertiary/aromatic N) is 5. The molecule has 3 aromatic rings. The Balaban J connectivity index is 1.26. The Morgan fingerprint density at radius 1 is 1.14 bits per heavy atom. The third-order valence-electron chi connectivity index (χ3n) is 6.95. The van der Waals surface area contributed by atoms with Crippen LogP contribution in [-0.2, 0) is 4.74 Å². The molecule has 2 aromatic heterocycles. The molecule has 42 heavy (non-hydrogen) atoms. The standard InChI is InChI=1S/C27H28F3N7O4S/c1-36-9-11-37(12-10-36)15-16-3-4-17(13-20(16)27(28,29)30)32-24(38)23-19-6-5-18(14-21(19)42-35-23)41-22-7-8-31-25(33-22)34-26(39)40-2/h3-8,13-14,16,20H,9-12,15H2,1-2H3,(H,32,38)(H,31,33,34,39). The maximum atomic E-state index is 14.0. The van der Waals surface area contributed by atoms with Gasteiger partial charge in [-0.05, 0) is 42.9 Å². The number of halogens is 3. The van der Waals surface area contributed by atoms with Crippen LogP contribution in [0.3, 0.4) is 0 Å². The van der Waals surface area contributed by atoms with Gasteiger partial charge in [0, 0.05) is 68.1 Å². The summed E-state index contributed by atoms with van der Waals surface area (Å²) in [6.45, 7) is 3.36. The lowest BCUT2D eigenvalue weighted by atomic mass is 9.86. The van der Waals surface area contributed by atoms with E-state index in [0.717, 1.165) is 43.8 Å². The van der Waals surface area contributed by atoms with Crippen molar-refractivity contribution in [1.82, 2.24) is 29.5 Å². The number of carbonyl (C=O) groups excluding carboxylic acids is 2. The molecule has 1 aliphatic carbocycles. The van der Waals surface area contributed by atoms with Gasteiger partial charge in [0.05, 0.1) is 17.7 Å². The molecule has 3 heterocycles. The summed E-state index contributed by atoms with van der Waals surface area (Å²) in [4.78, 5) is 36.6. The highest BCUT2D eigenvalue weighted by Gasteiger charge is 2.44. The summed E-state index contributed by atoms with van der Waals surface area (Å²) in [5, 5.41) is 5.45. The molecule has 222 valence electrons. The highest BCUT2D eigenvalue weighted by molar-refractivity contribution is 7.13. The van der Waals surface area contributed by atoms with Crippen molar-refractivity contribution < 1.29 is 32.2 Å². The maximum Gasteiger partial charge on any atom is 0.413 e. The number of nitrogens with one attached hydrogen (secondary N) is 2. The second kappa shape index (κ2) is 12.4. The fraction of sp³-hybridized carbons (Fsp3) is 0.370. The molecule has 2 atom stereocenters. The number of hydrogen-bond donors (Lipinski definition) is 2.